The van der Waals surface area contributed by atoms with Crippen molar-refractivity contribution in [2.24, 2.45) is 0 Å². The van der Waals surface area contributed by atoms with Crippen LogP contribution in [0.5, 0.6) is 0 Å². The van der Waals surface area contributed by atoms with Crippen molar-refractivity contribution < 1.29 is 8.42 Å². The van der Waals surface area contributed by atoms with Crippen LogP contribution in [0.4, 0.5) is 0 Å². The minimum absolute atomic E-state index is 0.0803. The van der Waals surface area contributed by atoms with E-state index in [1.54, 1.807) is 4.31 Å². The van der Waals surface area contributed by atoms with Crippen LogP contribution < -0.4 is 0 Å². The van der Waals surface area contributed by atoms with Crippen LogP contribution in [0.2, 0.25) is 0 Å². The van der Waals surface area contributed by atoms with Crippen molar-refractivity contribution in [3.8, 4) is 0 Å². The van der Waals surface area contributed by atoms with Crippen LogP contribution in [-0.2, 0) is 10.0 Å². The molecular weight excluding hydrogens is 294 g/mol. The molecule has 0 saturated heterocycles. The molecule has 114 valence electrons. The molecule has 0 spiro atoms. The Kier molecular flexibility index (Phi) is 6.05. The summed E-state index contributed by atoms with van der Waals surface area (Å²) in [5.74, 6) is 0.463. The van der Waals surface area contributed by atoms with Gasteiger partial charge in [-0.3, -0.25) is 0 Å². The molecule has 0 amide bonds. The van der Waals surface area contributed by atoms with Crippen LogP contribution >= 0.6 is 11.6 Å². The Morgan fingerprint density at radius 1 is 1.15 bits per heavy atom. The molecule has 0 radical (unpaired) electrons. The third-order valence-electron chi connectivity index (χ3n) is 3.26. The summed E-state index contributed by atoms with van der Waals surface area (Å²) in [6.07, 6.45) is 0.656. The van der Waals surface area contributed by atoms with Crippen molar-refractivity contribution >= 4 is 21.6 Å². The molecule has 0 atom stereocenters. The summed E-state index contributed by atoms with van der Waals surface area (Å²) in [6.45, 7) is 9.93. The number of aryl methyl sites for hydroxylation is 3. The first kappa shape index (κ1) is 17.5. The summed E-state index contributed by atoms with van der Waals surface area (Å²) >= 11 is 5.71. The van der Waals surface area contributed by atoms with Crippen LogP contribution in [0, 0.1) is 20.8 Å². The van der Waals surface area contributed by atoms with Crippen molar-refractivity contribution in [2.45, 2.75) is 52.0 Å². The molecule has 0 unspecified atom stereocenters. The van der Waals surface area contributed by atoms with Gasteiger partial charge in [-0.05, 0) is 52.2 Å². The average molecular weight is 318 g/mol. The number of sulfonamides is 1. The number of rotatable bonds is 6. The topological polar surface area (TPSA) is 37.4 Å². The standard InChI is InChI=1S/C15H24ClNO2S/c1-11(2)17(8-6-7-16)20(18,19)15-13(4)9-12(3)10-14(15)5/h9-11H,6-8H2,1-5H3. The zero-order valence-electron chi connectivity index (χ0n) is 12.9. The van der Waals surface area contributed by atoms with Crippen molar-refractivity contribution in [3.63, 3.8) is 0 Å². The predicted molar refractivity (Wildman–Crippen MR) is 85.0 cm³/mol. The summed E-state index contributed by atoms with van der Waals surface area (Å²) in [7, 11) is -3.48. The molecule has 0 aliphatic carbocycles. The molecule has 0 fully saturated rings. The van der Waals surface area contributed by atoms with Crippen molar-refractivity contribution in [3.05, 3.63) is 28.8 Å². The normalized spacial score (nSPS) is 12.4. The van der Waals surface area contributed by atoms with Crippen LogP contribution in [0.25, 0.3) is 0 Å². The maximum atomic E-state index is 12.9. The smallest absolute Gasteiger partial charge is 0.207 e. The fraction of sp³-hybridized carbons (Fsp3) is 0.600. The van der Waals surface area contributed by atoms with E-state index in [2.05, 4.69) is 0 Å². The van der Waals surface area contributed by atoms with E-state index in [1.165, 1.54) is 0 Å². The molecule has 0 N–H and O–H groups in total. The maximum Gasteiger partial charge on any atom is 0.243 e. The van der Waals surface area contributed by atoms with E-state index < -0.39 is 10.0 Å². The first-order chi connectivity index (χ1) is 9.21. The van der Waals surface area contributed by atoms with Crippen molar-refractivity contribution in [2.75, 3.05) is 12.4 Å². The van der Waals surface area contributed by atoms with E-state index >= 15 is 0 Å². The van der Waals surface area contributed by atoms with Gasteiger partial charge in [0.15, 0.2) is 0 Å². The van der Waals surface area contributed by atoms with Gasteiger partial charge in [-0.2, -0.15) is 4.31 Å². The van der Waals surface area contributed by atoms with Gasteiger partial charge in [0.2, 0.25) is 10.0 Å². The van der Waals surface area contributed by atoms with Gasteiger partial charge in [-0.1, -0.05) is 17.7 Å². The SMILES string of the molecule is Cc1cc(C)c(S(=O)(=O)N(CCCCl)C(C)C)c(C)c1. The summed E-state index contributed by atoms with van der Waals surface area (Å²) in [5.41, 5.74) is 2.69. The second-order valence-electron chi connectivity index (χ2n) is 5.48. The summed E-state index contributed by atoms with van der Waals surface area (Å²) in [6, 6.07) is 3.75. The van der Waals surface area contributed by atoms with E-state index in [4.69, 9.17) is 11.6 Å². The highest BCUT2D eigenvalue weighted by atomic mass is 35.5. The van der Waals surface area contributed by atoms with E-state index in [0.717, 1.165) is 16.7 Å². The lowest BCUT2D eigenvalue weighted by atomic mass is 10.1. The quantitative estimate of drug-likeness (QED) is 0.751. The highest BCUT2D eigenvalue weighted by molar-refractivity contribution is 7.89. The number of alkyl halides is 1. The number of nitrogens with zero attached hydrogens (tertiary/aromatic N) is 1. The average Bonchev–Trinajstić information content (AvgIpc) is 2.26. The molecular formula is C15H24ClNO2S. The van der Waals surface area contributed by atoms with Gasteiger partial charge >= 0.3 is 0 Å². The molecule has 3 nitrogen and oxygen atoms in total. The number of hydrogen-bond acceptors (Lipinski definition) is 2. The van der Waals surface area contributed by atoms with Gasteiger partial charge < -0.3 is 0 Å². The Balaban J connectivity index is 3.34. The Morgan fingerprint density at radius 3 is 2.05 bits per heavy atom. The van der Waals surface area contributed by atoms with Crippen LogP contribution in [0.15, 0.2) is 17.0 Å². The molecule has 1 aromatic rings. The zero-order valence-corrected chi connectivity index (χ0v) is 14.5. The van der Waals surface area contributed by atoms with Crippen LogP contribution in [0.3, 0.4) is 0 Å². The fourth-order valence-electron chi connectivity index (χ4n) is 2.56. The Hall–Kier alpha value is -0.580. The molecule has 1 aromatic carbocycles. The summed E-state index contributed by atoms with van der Waals surface area (Å²) in [5, 5.41) is 0. The summed E-state index contributed by atoms with van der Waals surface area (Å²) < 4.78 is 27.4. The lowest BCUT2D eigenvalue weighted by Gasteiger charge is -2.27. The molecule has 0 aromatic heterocycles. The molecule has 20 heavy (non-hydrogen) atoms. The van der Waals surface area contributed by atoms with Gasteiger partial charge in [-0.15, -0.1) is 11.6 Å². The molecule has 0 heterocycles. The summed E-state index contributed by atoms with van der Waals surface area (Å²) in [4.78, 5) is 0.436. The van der Waals surface area contributed by atoms with Crippen molar-refractivity contribution in [1.82, 2.24) is 4.31 Å². The lowest BCUT2D eigenvalue weighted by molar-refractivity contribution is 0.354. The Labute approximate surface area is 128 Å². The van der Waals surface area contributed by atoms with Gasteiger partial charge in [0.1, 0.15) is 0 Å². The molecule has 5 heteroatoms. The molecule has 0 aliphatic rings. The van der Waals surface area contributed by atoms with Gasteiger partial charge in [0, 0.05) is 18.5 Å². The zero-order chi connectivity index (χ0) is 15.5. The highest BCUT2D eigenvalue weighted by Crippen LogP contribution is 2.26. The second-order valence-corrected chi connectivity index (χ2v) is 7.69. The van der Waals surface area contributed by atoms with Gasteiger partial charge in [0.25, 0.3) is 0 Å². The third kappa shape index (κ3) is 3.74. The fourth-order valence-corrected chi connectivity index (χ4v) is 4.77. The minimum Gasteiger partial charge on any atom is -0.207 e. The van der Waals surface area contributed by atoms with E-state index in [1.807, 2.05) is 46.8 Å². The first-order valence-corrected chi connectivity index (χ1v) is 8.85. The van der Waals surface area contributed by atoms with E-state index in [9.17, 15) is 8.42 Å². The largest absolute Gasteiger partial charge is 0.243 e. The molecule has 0 bridgehead atoms. The molecule has 1 rings (SSSR count). The van der Waals surface area contributed by atoms with Crippen molar-refractivity contribution in [1.29, 1.82) is 0 Å². The van der Waals surface area contributed by atoms with E-state index in [0.29, 0.717) is 23.7 Å². The second kappa shape index (κ2) is 6.92. The lowest BCUT2D eigenvalue weighted by Crippen LogP contribution is -2.38. The van der Waals surface area contributed by atoms with Gasteiger partial charge in [0.05, 0.1) is 4.90 Å². The monoisotopic (exact) mass is 317 g/mol. The Bertz CT molecular complexity index is 544. The maximum absolute atomic E-state index is 12.9. The van der Waals surface area contributed by atoms with Crippen LogP contribution in [0.1, 0.15) is 37.0 Å². The third-order valence-corrected chi connectivity index (χ3v) is 5.91. The first-order valence-electron chi connectivity index (χ1n) is 6.87. The number of benzene rings is 1. The van der Waals surface area contributed by atoms with Gasteiger partial charge in [-0.25, -0.2) is 8.42 Å². The van der Waals surface area contributed by atoms with Crippen LogP contribution in [-0.4, -0.2) is 31.2 Å². The Morgan fingerprint density at radius 2 is 1.65 bits per heavy atom. The molecule has 0 aliphatic heterocycles. The number of hydrogen-bond donors (Lipinski definition) is 0. The predicted octanol–water partition coefficient (Wildman–Crippen LogP) is 3.64. The highest BCUT2D eigenvalue weighted by Gasteiger charge is 2.29. The number of halogens is 1. The molecule has 0 saturated carbocycles. The van der Waals surface area contributed by atoms with E-state index in [-0.39, 0.29) is 6.04 Å². The minimum atomic E-state index is -3.48.